The van der Waals surface area contributed by atoms with Crippen molar-refractivity contribution in [2.75, 3.05) is 6.67 Å². The maximum Gasteiger partial charge on any atom is 0.123 e. The van der Waals surface area contributed by atoms with E-state index in [0.29, 0.717) is 32.8 Å². The SMILES string of the molecule is Cn1c(CN(Cc2nc3ccccc3n2C)CN(Cc2nc3ccccc3n2C)Cc2nc3ccccc3n2C)nc2ccccc21. The van der Waals surface area contributed by atoms with Crippen LogP contribution in [0.15, 0.2) is 97.1 Å². The van der Waals surface area contributed by atoms with E-state index in [1.807, 2.05) is 24.3 Å². The molecule has 0 N–H and O–H groups in total. The zero-order chi connectivity index (χ0) is 32.1. The van der Waals surface area contributed by atoms with Gasteiger partial charge in [0.25, 0.3) is 0 Å². The van der Waals surface area contributed by atoms with Crippen LogP contribution in [0.3, 0.4) is 0 Å². The fraction of sp³-hybridized carbons (Fsp3) is 0.243. The average molecular weight is 623 g/mol. The minimum absolute atomic E-state index is 0.649. The summed E-state index contributed by atoms with van der Waals surface area (Å²) in [6.07, 6.45) is 0. The number of fused-ring (bicyclic) bond motifs is 4. The van der Waals surface area contributed by atoms with Gasteiger partial charge in [-0.1, -0.05) is 48.5 Å². The van der Waals surface area contributed by atoms with Crippen LogP contribution in [0.1, 0.15) is 23.3 Å². The van der Waals surface area contributed by atoms with Gasteiger partial charge in [0.1, 0.15) is 23.3 Å². The third kappa shape index (κ3) is 5.35. The first-order chi connectivity index (χ1) is 22.9. The zero-order valence-corrected chi connectivity index (χ0v) is 27.2. The third-order valence-corrected chi connectivity index (χ3v) is 9.38. The number of benzene rings is 4. The van der Waals surface area contributed by atoms with Gasteiger partial charge in [-0.25, -0.2) is 19.9 Å². The molecule has 10 heteroatoms. The molecule has 0 atom stereocenters. The van der Waals surface area contributed by atoms with Gasteiger partial charge in [-0.2, -0.15) is 0 Å². The summed E-state index contributed by atoms with van der Waals surface area (Å²) in [5, 5.41) is 0. The van der Waals surface area contributed by atoms with Crippen LogP contribution < -0.4 is 0 Å². The third-order valence-electron chi connectivity index (χ3n) is 9.38. The molecule has 0 unspecified atom stereocenters. The molecule has 0 fully saturated rings. The molecule has 8 aromatic rings. The van der Waals surface area contributed by atoms with Crippen molar-refractivity contribution in [2.45, 2.75) is 26.2 Å². The summed E-state index contributed by atoms with van der Waals surface area (Å²) in [6.45, 7) is 3.25. The van der Waals surface area contributed by atoms with Gasteiger partial charge in [-0.05, 0) is 48.5 Å². The first kappa shape index (κ1) is 29.1. The highest BCUT2D eigenvalue weighted by atomic mass is 15.3. The molecule has 8 rings (SSSR count). The number of imidazole rings is 4. The number of aryl methyl sites for hydroxylation is 4. The number of hydrogen-bond acceptors (Lipinski definition) is 6. The van der Waals surface area contributed by atoms with Crippen molar-refractivity contribution in [3.8, 4) is 0 Å². The highest BCUT2D eigenvalue weighted by molar-refractivity contribution is 5.77. The number of rotatable bonds is 10. The van der Waals surface area contributed by atoms with Gasteiger partial charge < -0.3 is 18.3 Å². The molecular formula is C37H38N10. The summed E-state index contributed by atoms with van der Waals surface area (Å²) in [4.78, 5) is 25.1. The van der Waals surface area contributed by atoms with Crippen molar-refractivity contribution >= 4 is 44.1 Å². The van der Waals surface area contributed by atoms with Gasteiger partial charge >= 0.3 is 0 Å². The van der Waals surface area contributed by atoms with Crippen molar-refractivity contribution in [1.82, 2.24) is 48.0 Å². The maximum absolute atomic E-state index is 5.06. The van der Waals surface area contributed by atoms with Crippen LogP contribution >= 0.6 is 0 Å². The second-order valence-corrected chi connectivity index (χ2v) is 12.4. The van der Waals surface area contributed by atoms with Crippen molar-refractivity contribution in [2.24, 2.45) is 28.2 Å². The van der Waals surface area contributed by atoms with E-state index in [4.69, 9.17) is 19.9 Å². The molecule has 10 nitrogen and oxygen atoms in total. The number of hydrogen-bond donors (Lipinski definition) is 0. The molecule has 4 aromatic heterocycles. The van der Waals surface area contributed by atoms with Crippen LogP contribution in [-0.2, 0) is 54.4 Å². The quantitative estimate of drug-likeness (QED) is 0.177. The van der Waals surface area contributed by atoms with E-state index in [1.165, 1.54) is 0 Å². The lowest BCUT2D eigenvalue weighted by Crippen LogP contribution is -2.38. The van der Waals surface area contributed by atoms with E-state index in [9.17, 15) is 0 Å². The molecule has 47 heavy (non-hydrogen) atoms. The summed E-state index contributed by atoms with van der Waals surface area (Å²) >= 11 is 0. The molecular weight excluding hydrogens is 584 g/mol. The molecule has 0 spiro atoms. The van der Waals surface area contributed by atoms with E-state index in [0.717, 1.165) is 67.4 Å². The maximum atomic E-state index is 5.06. The van der Waals surface area contributed by atoms with Crippen molar-refractivity contribution < 1.29 is 0 Å². The summed E-state index contributed by atoms with van der Waals surface area (Å²) in [6, 6.07) is 33.3. The van der Waals surface area contributed by atoms with Gasteiger partial charge in [-0.3, -0.25) is 9.80 Å². The first-order valence-corrected chi connectivity index (χ1v) is 16.0. The number of aromatic nitrogens is 8. The highest BCUT2D eigenvalue weighted by Crippen LogP contribution is 2.23. The van der Waals surface area contributed by atoms with Crippen LogP contribution in [0.5, 0.6) is 0 Å². The summed E-state index contributed by atoms with van der Waals surface area (Å²) in [5.41, 5.74) is 8.52. The van der Waals surface area contributed by atoms with Crippen LogP contribution in [0.4, 0.5) is 0 Å². The smallest absolute Gasteiger partial charge is 0.123 e. The van der Waals surface area contributed by atoms with Gasteiger partial charge in [-0.15, -0.1) is 0 Å². The zero-order valence-electron chi connectivity index (χ0n) is 27.2. The van der Waals surface area contributed by atoms with E-state index in [2.05, 4.69) is 129 Å². The molecule has 0 aliphatic heterocycles. The Hall–Kier alpha value is -5.32. The highest BCUT2D eigenvalue weighted by Gasteiger charge is 2.22. The second kappa shape index (κ2) is 11.8. The topological polar surface area (TPSA) is 77.8 Å². The molecule has 0 aliphatic rings. The number of nitrogens with zero attached hydrogens (tertiary/aromatic N) is 10. The largest absolute Gasteiger partial charge is 0.330 e. The summed E-state index contributed by atoms with van der Waals surface area (Å²) in [7, 11) is 8.42. The Morgan fingerprint density at radius 1 is 0.383 bits per heavy atom. The normalized spacial score (nSPS) is 12.2. The molecule has 0 radical (unpaired) electrons. The Morgan fingerprint density at radius 3 is 0.851 bits per heavy atom. The lowest BCUT2D eigenvalue weighted by Gasteiger charge is -2.30. The minimum atomic E-state index is 0.649. The van der Waals surface area contributed by atoms with Crippen molar-refractivity contribution in [3.63, 3.8) is 0 Å². The van der Waals surface area contributed by atoms with Gasteiger partial charge in [0.2, 0.25) is 0 Å². The predicted molar refractivity (Wildman–Crippen MR) is 186 cm³/mol. The predicted octanol–water partition coefficient (Wildman–Crippen LogP) is 5.90. The van der Waals surface area contributed by atoms with E-state index in [1.54, 1.807) is 0 Å². The monoisotopic (exact) mass is 622 g/mol. The van der Waals surface area contributed by atoms with Crippen LogP contribution in [0.25, 0.3) is 44.1 Å². The fourth-order valence-corrected chi connectivity index (χ4v) is 6.74. The molecule has 4 heterocycles. The summed E-state index contributed by atoms with van der Waals surface area (Å²) < 4.78 is 8.83. The Morgan fingerprint density at radius 2 is 0.617 bits per heavy atom. The molecule has 0 bridgehead atoms. The van der Waals surface area contributed by atoms with Gasteiger partial charge in [0.05, 0.1) is 77.0 Å². The van der Waals surface area contributed by atoms with Crippen LogP contribution in [0, 0.1) is 0 Å². The first-order valence-electron chi connectivity index (χ1n) is 16.0. The molecule has 236 valence electrons. The Balaban J connectivity index is 1.19. The fourth-order valence-electron chi connectivity index (χ4n) is 6.74. The van der Waals surface area contributed by atoms with Crippen molar-refractivity contribution in [3.05, 3.63) is 120 Å². The molecule has 0 saturated heterocycles. The number of para-hydroxylation sites is 8. The standard InChI is InChI=1S/C37H38N10/c1-42-30-17-9-5-13-26(30)38-34(42)21-46(22-35-39-27-14-6-10-18-31(27)43(35)2)25-47(23-36-40-28-15-7-11-19-32(28)44(36)3)24-37-41-29-16-8-12-20-33(29)45(37)4/h5-20H,21-25H2,1-4H3. The van der Waals surface area contributed by atoms with E-state index >= 15 is 0 Å². The minimum Gasteiger partial charge on any atom is -0.330 e. The lowest BCUT2D eigenvalue weighted by atomic mass is 10.3. The Labute approximate surface area is 273 Å². The van der Waals surface area contributed by atoms with Crippen LogP contribution in [0.2, 0.25) is 0 Å². The second-order valence-electron chi connectivity index (χ2n) is 12.4. The molecule has 0 amide bonds. The van der Waals surface area contributed by atoms with E-state index < -0.39 is 0 Å². The van der Waals surface area contributed by atoms with Crippen molar-refractivity contribution in [1.29, 1.82) is 0 Å². The van der Waals surface area contributed by atoms with E-state index in [-0.39, 0.29) is 0 Å². The Kier molecular flexibility index (Phi) is 7.31. The summed E-state index contributed by atoms with van der Waals surface area (Å²) in [5.74, 6) is 4.04. The Bertz CT molecular complexity index is 2040. The van der Waals surface area contributed by atoms with Gasteiger partial charge in [0.15, 0.2) is 0 Å². The average Bonchev–Trinajstić information content (AvgIpc) is 3.79. The molecule has 0 saturated carbocycles. The van der Waals surface area contributed by atoms with Gasteiger partial charge in [0, 0.05) is 28.2 Å². The molecule has 0 aliphatic carbocycles. The molecule has 4 aromatic carbocycles. The lowest BCUT2D eigenvalue weighted by molar-refractivity contribution is 0.0955. The van der Waals surface area contributed by atoms with Crippen LogP contribution in [-0.4, -0.2) is 54.7 Å².